The Kier molecular flexibility index (Phi) is 3.88. The molecule has 2 rings (SSSR count). The van der Waals surface area contributed by atoms with Crippen LogP contribution in [0.3, 0.4) is 0 Å². The summed E-state index contributed by atoms with van der Waals surface area (Å²) in [5.74, 6) is 0.121. The lowest BCUT2D eigenvalue weighted by Crippen LogP contribution is -2.40. The van der Waals surface area contributed by atoms with Crippen LogP contribution in [0.5, 0.6) is 0 Å². The van der Waals surface area contributed by atoms with Crippen LogP contribution in [0.4, 0.5) is 5.82 Å². The second-order valence-electron chi connectivity index (χ2n) is 3.99. The van der Waals surface area contributed by atoms with E-state index in [0.717, 1.165) is 0 Å². The van der Waals surface area contributed by atoms with Gasteiger partial charge in [-0.05, 0) is 11.2 Å². The molecule has 10 heteroatoms. The number of aliphatic hydroxyl groups excluding tert-OH is 2. The summed E-state index contributed by atoms with van der Waals surface area (Å²) in [6, 6.07) is 1.42. The molecule has 1 aromatic heterocycles. The fourth-order valence-electron chi connectivity index (χ4n) is 1.81. The molecule has 1 aromatic rings. The normalized spacial score (nSPS) is 30.7. The molecule has 1 aliphatic rings. The molecule has 0 unspecified atom stereocenters. The van der Waals surface area contributed by atoms with Crippen molar-refractivity contribution >= 4 is 29.0 Å². The molecule has 1 saturated heterocycles. The molecule has 2 heterocycles. The number of hydrogen-bond donors (Lipinski definition) is 4. The van der Waals surface area contributed by atoms with Crippen molar-refractivity contribution in [1.82, 2.24) is 9.55 Å². The van der Waals surface area contributed by atoms with Crippen molar-refractivity contribution in [2.75, 3.05) is 12.3 Å². The predicted molar refractivity (Wildman–Crippen MR) is 65.4 cm³/mol. The van der Waals surface area contributed by atoms with Gasteiger partial charge in [0, 0.05) is 6.20 Å². The summed E-state index contributed by atoms with van der Waals surface area (Å²) < 4.78 is 4.82. The summed E-state index contributed by atoms with van der Waals surface area (Å²) in [6.07, 6.45) is -1.98. The molecular formula is C9H12Cl2N4O4. The number of aromatic nitrogens is 2. The Morgan fingerprint density at radius 2 is 2.26 bits per heavy atom. The highest BCUT2D eigenvalue weighted by molar-refractivity contribution is 6.49. The third kappa shape index (κ3) is 2.37. The summed E-state index contributed by atoms with van der Waals surface area (Å²) in [5, 5.41) is 30.8. The van der Waals surface area contributed by atoms with Crippen LogP contribution in [-0.4, -0.2) is 48.1 Å². The number of alkyl halides is 2. The van der Waals surface area contributed by atoms with Gasteiger partial charge in [-0.2, -0.15) is 4.98 Å². The van der Waals surface area contributed by atoms with E-state index in [9.17, 15) is 5.11 Å². The van der Waals surface area contributed by atoms with Gasteiger partial charge in [0.05, 0.1) is 6.61 Å². The van der Waals surface area contributed by atoms with Gasteiger partial charge in [-0.25, -0.2) is 0 Å². The standard InChI is InChI=1S/C9H12Cl2N4O4/c10-9(11)6(17)4(3-16)19-7(9)15-2-1-5(12)13-8(15)14-18/h1-2,4,6-7,16-18H,3H2,(H2,12,13,14)/t4-,6-,7-/m1/s1. The second-order valence-corrected chi connectivity index (χ2v) is 5.43. The SMILES string of the molecule is Nc1ccn([C@@H]2O[C@H](CO)[C@@H](O)C2(Cl)Cl)/c(=N/O)n1. The van der Waals surface area contributed by atoms with Gasteiger partial charge in [-0.15, -0.1) is 0 Å². The van der Waals surface area contributed by atoms with Crippen molar-refractivity contribution in [2.45, 2.75) is 22.8 Å². The predicted octanol–water partition coefficient (Wildman–Crippen LogP) is -0.820. The van der Waals surface area contributed by atoms with E-state index in [1.807, 2.05) is 0 Å². The first-order valence-electron chi connectivity index (χ1n) is 5.26. The summed E-state index contributed by atoms with van der Waals surface area (Å²) in [4.78, 5) is 3.76. The lowest BCUT2D eigenvalue weighted by atomic mass is 10.2. The maximum absolute atomic E-state index is 9.87. The van der Waals surface area contributed by atoms with Crippen LogP contribution >= 0.6 is 23.2 Å². The summed E-state index contributed by atoms with van der Waals surface area (Å²) in [7, 11) is 0. The minimum atomic E-state index is -1.74. The van der Waals surface area contributed by atoms with Crippen molar-refractivity contribution in [2.24, 2.45) is 5.16 Å². The zero-order chi connectivity index (χ0) is 14.2. The van der Waals surface area contributed by atoms with Crippen LogP contribution in [0.15, 0.2) is 17.4 Å². The first kappa shape index (κ1) is 14.4. The molecular weight excluding hydrogens is 299 g/mol. The highest BCUT2D eigenvalue weighted by Crippen LogP contribution is 2.45. The fraction of sp³-hybridized carbons (Fsp3) is 0.556. The first-order valence-corrected chi connectivity index (χ1v) is 6.02. The highest BCUT2D eigenvalue weighted by atomic mass is 35.5. The highest BCUT2D eigenvalue weighted by Gasteiger charge is 2.55. The van der Waals surface area contributed by atoms with Crippen LogP contribution in [0, 0.1) is 0 Å². The molecule has 106 valence electrons. The van der Waals surface area contributed by atoms with Crippen LogP contribution in [0.25, 0.3) is 0 Å². The van der Waals surface area contributed by atoms with Gasteiger partial charge in [-0.1, -0.05) is 23.2 Å². The maximum Gasteiger partial charge on any atom is 0.270 e. The topological polar surface area (TPSA) is 126 Å². The van der Waals surface area contributed by atoms with Crippen LogP contribution in [0.1, 0.15) is 6.23 Å². The van der Waals surface area contributed by atoms with Gasteiger partial charge >= 0.3 is 0 Å². The average Bonchev–Trinajstić information content (AvgIpc) is 2.61. The molecule has 0 aromatic carbocycles. The minimum Gasteiger partial charge on any atom is -0.408 e. The van der Waals surface area contributed by atoms with E-state index in [0.29, 0.717) is 0 Å². The van der Waals surface area contributed by atoms with Gasteiger partial charge in [0.25, 0.3) is 5.62 Å². The van der Waals surface area contributed by atoms with Gasteiger partial charge in [0.2, 0.25) is 0 Å². The monoisotopic (exact) mass is 310 g/mol. The number of aliphatic hydroxyl groups is 2. The lowest BCUT2D eigenvalue weighted by molar-refractivity contribution is -0.0469. The van der Waals surface area contributed by atoms with Crippen LogP contribution in [0.2, 0.25) is 0 Å². The molecule has 8 nitrogen and oxygen atoms in total. The molecule has 0 spiro atoms. The molecule has 0 radical (unpaired) electrons. The third-order valence-electron chi connectivity index (χ3n) is 2.77. The molecule has 5 N–H and O–H groups in total. The molecule has 0 aliphatic carbocycles. The number of rotatable bonds is 2. The Hall–Kier alpha value is -1.06. The van der Waals surface area contributed by atoms with Crippen LogP contribution in [-0.2, 0) is 4.74 Å². The first-order chi connectivity index (χ1) is 8.91. The minimum absolute atomic E-state index is 0.121. The Morgan fingerprint density at radius 3 is 2.79 bits per heavy atom. The van der Waals surface area contributed by atoms with Crippen molar-refractivity contribution < 1.29 is 20.2 Å². The zero-order valence-electron chi connectivity index (χ0n) is 9.52. The average molecular weight is 311 g/mol. The molecule has 3 atom stereocenters. The third-order valence-corrected chi connectivity index (χ3v) is 3.59. The van der Waals surface area contributed by atoms with E-state index in [1.54, 1.807) is 0 Å². The number of hydrogen-bond acceptors (Lipinski definition) is 7. The quantitative estimate of drug-likeness (QED) is 0.321. The summed E-state index contributed by atoms with van der Waals surface area (Å²) >= 11 is 12.1. The van der Waals surface area contributed by atoms with E-state index >= 15 is 0 Å². The van der Waals surface area contributed by atoms with Crippen molar-refractivity contribution in [3.8, 4) is 0 Å². The number of nitrogens with two attached hydrogens (primary N) is 1. The van der Waals surface area contributed by atoms with E-state index in [-0.39, 0.29) is 11.4 Å². The number of halogens is 2. The second kappa shape index (κ2) is 5.14. The van der Waals surface area contributed by atoms with Gasteiger partial charge in [0.1, 0.15) is 18.0 Å². The van der Waals surface area contributed by atoms with E-state index in [2.05, 4.69) is 10.1 Å². The fourth-order valence-corrected chi connectivity index (χ4v) is 2.40. The Morgan fingerprint density at radius 1 is 1.58 bits per heavy atom. The zero-order valence-corrected chi connectivity index (χ0v) is 11.0. The number of anilines is 1. The Bertz CT molecular complexity index is 535. The summed E-state index contributed by atoms with van der Waals surface area (Å²) in [5.41, 5.74) is 5.27. The van der Waals surface area contributed by atoms with Gasteiger partial charge in [0.15, 0.2) is 10.6 Å². The van der Waals surface area contributed by atoms with Crippen molar-refractivity contribution in [3.05, 3.63) is 17.9 Å². The molecule has 19 heavy (non-hydrogen) atoms. The number of nitrogen functional groups attached to an aromatic ring is 1. The number of nitrogens with zero attached hydrogens (tertiary/aromatic N) is 3. The largest absolute Gasteiger partial charge is 0.408 e. The maximum atomic E-state index is 9.87. The smallest absolute Gasteiger partial charge is 0.270 e. The van der Waals surface area contributed by atoms with Gasteiger partial charge in [-0.3, -0.25) is 4.57 Å². The van der Waals surface area contributed by atoms with Crippen molar-refractivity contribution in [1.29, 1.82) is 0 Å². The molecule has 0 amide bonds. The Labute approximate surface area is 117 Å². The molecule has 1 aliphatic heterocycles. The van der Waals surface area contributed by atoms with Gasteiger partial charge < -0.3 is 25.9 Å². The number of ether oxygens (including phenoxy) is 1. The van der Waals surface area contributed by atoms with Crippen molar-refractivity contribution in [3.63, 3.8) is 0 Å². The summed E-state index contributed by atoms with van der Waals surface area (Å²) in [6.45, 7) is -0.465. The lowest BCUT2D eigenvalue weighted by Gasteiger charge is -2.24. The van der Waals surface area contributed by atoms with E-state index in [4.69, 9.17) is 44.0 Å². The molecule has 0 bridgehead atoms. The molecule has 1 fully saturated rings. The van der Waals surface area contributed by atoms with E-state index in [1.165, 1.54) is 16.8 Å². The Balaban J connectivity index is 2.48. The molecule has 0 saturated carbocycles. The van der Waals surface area contributed by atoms with Crippen LogP contribution < -0.4 is 11.4 Å². The van der Waals surface area contributed by atoms with E-state index < -0.39 is 29.4 Å².